The Morgan fingerprint density at radius 3 is 2.80 bits per heavy atom. The van der Waals surface area contributed by atoms with Gasteiger partial charge in [0.05, 0.1) is 5.56 Å². The third kappa shape index (κ3) is 2.39. The van der Waals surface area contributed by atoms with Crippen LogP contribution < -0.4 is 0 Å². The molecule has 1 saturated heterocycles. The molecule has 1 aliphatic heterocycles. The van der Waals surface area contributed by atoms with Gasteiger partial charge in [-0.15, -0.1) is 0 Å². The fraction of sp³-hybridized carbons (Fsp3) is 0.562. The van der Waals surface area contributed by atoms with E-state index in [-0.39, 0.29) is 23.3 Å². The molecule has 1 aromatic rings. The molecule has 108 valence electrons. The van der Waals surface area contributed by atoms with Crippen LogP contribution in [0.25, 0.3) is 0 Å². The van der Waals surface area contributed by atoms with Crippen LogP contribution in [0.3, 0.4) is 0 Å². The van der Waals surface area contributed by atoms with Gasteiger partial charge in [0.25, 0.3) is 5.91 Å². The lowest BCUT2D eigenvalue weighted by Gasteiger charge is -2.44. The summed E-state index contributed by atoms with van der Waals surface area (Å²) in [6.45, 7) is 0.718. The SMILES string of the molecule is O=C(c1cc(F)ccc1O)N1CCCC2CCCCC21. The quantitative estimate of drug-likeness (QED) is 0.855. The molecule has 3 nitrogen and oxygen atoms in total. The maximum atomic E-state index is 13.3. The summed E-state index contributed by atoms with van der Waals surface area (Å²) in [5, 5.41) is 9.82. The van der Waals surface area contributed by atoms with Crippen LogP contribution in [0.4, 0.5) is 4.39 Å². The van der Waals surface area contributed by atoms with Gasteiger partial charge in [0, 0.05) is 12.6 Å². The molecule has 2 unspecified atom stereocenters. The van der Waals surface area contributed by atoms with Crippen molar-refractivity contribution in [3.63, 3.8) is 0 Å². The predicted molar refractivity (Wildman–Crippen MR) is 74.1 cm³/mol. The van der Waals surface area contributed by atoms with Crippen molar-refractivity contribution in [2.75, 3.05) is 6.54 Å². The Balaban J connectivity index is 1.87. The zero-order valence-electron chi connectivity index (χ0n) is 11.5. The van der Waals surface area contributed by atoms with E-state index in [4.69, 9.17) is 0 Å². The molecule has 2 atom stereocenters. The van der Waals surface area contributed by atoms with Crippen molar-refractivity contribution in [3.8, 4) is 5.75 Å². The summed E-state index contributed by atoms with van der Waals surface area (Å²) in [6.07, 6.45) is 6.80. The molecule has 0 bridgehead atoms. The molecule has 1 aliphatic carbocycles. The number of piperidine rings is 1. The zero-order chi connectivity index (χ0) is 14.1. The molecule has 1 saturated carbocycles. The Morgan fingerprint density at radius 2 is 1.95 bits per heavy atom. The summed E-state index contributed by atoms with van der Waals surface area (Å²) in [5.74, 6) is -0.256. The number of likely N-dealkylation sites (tertiary alicyclic amines) is 1. The number of aromatic hydroxyl groups is 1. The first-order valence-electron chi connectivity index (χ1n) is 7.46. The molecular formula is C16H20FNO2. The van der Waals surface area contributed by atoms with Crippen molar-refractivity contribution < 1.29 is 14.3 Å². The maximum absolute atomic E-state index is 13.3. The van der Waals surface area contributed by atoms with Gasteiger partial charge in [0.15, 0.2) is 0 Å². The predicted octanol–water partition coefficient (Wildman–Crippen LogP) is 3.33. The lowest BCUT2D eigenvalue weighted by atomic mass is 9.78. The zero-order valence-corrected chi connectivity index (χ0v) is 11.5. The molecule has 20 heavy (non-hydrogen) atoms. The average Bonchev–Trinajstić information content (AvgIpc) is 2.48. The molecule has 4 heteroatoms. The van der Waals surface area contributed by atoms with E-state index in [9.17, 15) is 14.3 Å². The number of carbonyl (C=O) groups excluding carboxylic acids is 1. The van der Waals surface area contributed by atoms with E-state index in [1.165, 1.54) is 31.4 Å². The second-order valence-electron chi connectivity index (χ2n) is 5.91. The fourth-order valence-corrected chi connectivity index (χ4v) is 3.71. The lowest BCUT2D eigenvalue weighted by Crippen LogP contribution is -2.49. The normalized spacial score (nSPS) is 26.1. The van der Waals surface area contributed by atoms with Crippen molar-refractivity contribution in [3.05, 3.63) is 29.6 Å². The van der Waals surface area contributed by atoms with Crippen molar-refractivity contribution in [1.29, 1.82) is 0 Å². The first-order chi connectivity index (χ1) is 9.66. The highest BCUT2D eigenvalue weighted by atomic mass is 19.1. The van der Waals surface area contributed by atoms with Crippen molar-refractivity contribution in [2.45, 2.75) is 44.6 Å². The highest BCUT2D eigenvalue weighted by Gasteiger charge is 2.36. The molecule has 2 fully saturated rings. The van der Waals surface area contributed by atoms with Gasteiger partial charge in [0.1, 0.15) is 11.6 Å². The van der Waals surface area contributed by atoms with E-state index in [1.807, 2.05) is 4.90 Å². The van der Waals surface area contributed by atoms with Crippen LogP contribution in [0.15, 0.2) is 18.2 Å². The Hall–Kier alpha value is -1.58. The standard InChI is InChI=1S/C16H20FNO2/c17-12-7-8-15(19)13(10-12)16(20)18-9-3-5-11-4-1-2-6-14(11)18/h7-8,10-11,14,19H,1-6,9H2. The van der Waals surface area contributed by atoms with Crippen LogP contribution in [0.1, 0.15) is 48.9 Å². The summed E-state index contributed by atoms with van der Waals surface area (Å²) in [4.78, 5) is 14.5. The summed E-state index contributed by atoms with van der Waals surface area (Å²) in [7, 11) is 0. The van der Waals surface area contributed by atoms with Crippen molar-refractivity contribution in [1.82, 2.24) is 4.90 Å². The van der Waals surface area contributed by atoms with E-state index < -0.39 is 5.82 Å². The lowest BCUT2D eigenvalue weighted by molar-refractivity contribution is 0.0387. The van der Waals surface area contributed by atoms with Crippen LogP contribution in [0.2, 0.25) is 0 Å². The number of rotatable bonds is 1. The summed E-state index contributed by atoms with van der Waals surface area (Å²) >= 11 is 0. The molecule has 1 N–H and O–H groups in total. The van der Waals surface area contributed by atoms with Crippen LogP contribution >= 0.6 is 0 Å². The number of phenols is 1. The highest BCUT2D eigenvalue weighted by molar-refractivity contribution is 5.97. The average molecular weight is 277 g/mol. The van der Waals surface area contributed by atoms with Crippen molar-refractivity contribution in [2.24, 2.45) is 5.92 Å². The number of amides is 1. The number of halogens is 1. The Kier molecular flexibility index (Phi) is 3.64. The largest absolute Gasteiger partial charge is 0.507 e. The first kappa shape index (κ1) is 13.4. The van der Waals surface area contributed by atoms with E-state index in [2.05, 4.69) is 0 Å². The van der Waals surface area contributed by atoms with Crippen LogP contribution in [0.5, 0.6) is 5.75 Å². The number of carbonyl (C=O) groups is 1. The van der Waals surface area contributed by atoms with Gasteiger partial charge < -0.3 is 10.0 Å². The molecule has 3 rings (SSSR count). The smallest absolute Gasteiger partial charge is 0.257 e. The Labute approximate surface area is 118 Å². The van der Waals surface area contributed by atoms with Gasteiger partial charge in [-0.2, -0.15) is 0 Å². The number of hydrogen-bond acceptors (Lipinski definition) is 2. The number of nitrogens with zero attached hydrogens (tertiary/aromatic N) is 1. The minimum Gasteiger partial charge on any atom is -0.507 e. The van der Waals surface area contributed by atoms with Gasteiger partial charge in [-0.05, 0) is 49.8 Å². The third-order valence-electron chi connectivity index (χ3n) is 4.69. The molecule has 1 aromatic carbocycles. The maximum Gasteiger partial charge on any atom is 0.257 e. The van der Waals surface area contributed by atoms with Crippen molar-refractivity contribution >= 4 is 5.91 Å². The molecule has 1 amide bonds. The van der Waals surface area contributed by atoms with Gasteiger partial charge in [-0.25, -0.2) is 4.39 Å². The molecule has 0 spiro atoms. The van der Waals surface area contributed by atoms with Gasteiger partial charge >= 0.3 is 0 Å². The molecule has 1 heterocycles. The van der Waals surface area contributed by atoms with E-state index >= 15 is 0 Å². The minimum atomic E-state index is -0.483. The second-order valence-corrected chi connectivity index (χ2v) is 5.91. The topological polar surface area (TPSA) is 40.5 Å². The second kappa shape index (κ2) is 5.43. The summed E-state index contributed by atoms with van der Waals surface area (Å²) in [5.41, 5.74) is 0.0937. The minimum absolute atomic E-state index is 0.0937. The monoisotopic (exact) mass is 277 g/mol. The first-order valence-corrected chi connectivity index (χ1v) is 7.46. The third-order valence-corrected chi connectivity index (χ3v) is 4.69. The van der Waals surface area contributed by atoms with Crippen LogP contribution in [0, 0.1) is 11.7 Å². The summed E-state index contributed by atoms with van der Waals surface area (Å²) in [6, 6.07) is 3.84. The number of benzene rings is 1. The van der Waals surface area contributed by atoms with Crippen LogP contribution in [-0.4, -0.2) is 28.5 Å². The number of phenolic OH excluding ortho intramolecular Hbond substituents is 1. The Bertz CT molecular complexity index is 515. The highest BCUT2D eigenvalue weighted by Crippen LogP contribution is 2.36. The molecular weight excluding hydrogens is 257 g/mol. The molecule has 0 radical (unpaired) electrons. The number of fused-ring (bicyclic) bond motifs is 1. The molecule has 2 aliphatic rings. The van der Waals surface area contributed by atoms with Crippen LogP contribution in [-0.2, 0) is 0 Å². The van der Waals surface area contributed by atoms with Gasteiger partial charge in [-0.3, -0.25) is 4.79 Å². The number of hydrogen-bond donors (Lipinski definition) is 1. The van der Waals surface area contributed by atoms with E-state index in [0.29, 0.717) is 5.92 Å². The van der Waals surface area contributed by atoms with Gasteiger partial charge in [0.2, 0.25) is 0 Å². The summed E-state index contributed by atoms with van der Waals surface area (Å²) < 4.78 is 13.3. The fourth-order valence-electron chi connectivity index (χ4n) is 3.71. The van der Waals surface area contributed by atoms with Gasteiger partial charge in [-0.1, -0.05) is 12.8 Å². The Morgan fingerprint density at radius 1 is 1.20 bits per heavy atom. The molecule has 0 aromatic heterocycles. The van der Waals surface area contributed by atoms with E-state index in [0.717, 1.165) is 31.9 Å². The van der Waals surface area contributed by atoms with E-state index in [1.54, 1.807) is 0 Å².